The molecule has 192 valence electrons. The molecule has 0 amide bonds. The Labute approximate surface area is 211 Å². The van der Waals surface area contributed by atoms with Crippen molar-refractivity contribution in [1.29, 1.82) is 0 Å². The lowest BCUT2D eigenvalue weighted by molar-refractivity contribution is -0.385. The van der Waals surface area contributed by atoms with Gasteiger partial charge in [-0.25, -0.2) is 4.79 Å². The average molecular weight is 495 g/mol. The first-order valence-corrected chi connectivity index (χ1v) is 12.2. The molecule has 0 bridgehead atoms. The molecule has 3 aromatic rings. The number of hydrogen-bond donors (Lipinski definition) is 1. The van der Waals surface area contributed by atoms with Crippen LogP contribution >= 0.6 is 0 Å². The third kappa shape index (κ3) is 6.73. The zero-order valence-electron chi connectivity index (χ0n) is 21.4. The predicted octanol–water partition coefficient (Wildman–Crippen LogP) is 5.51. The average Bonchev–Trinajstić information content (AvgIpc) is 2.86. The quantitative estimate of drug-likeness (QED) is 0.201. The summed E-state index contributed by atoms with van der Waals surface area (Å²) in [6.07, 6.45) is -1.03. The molecule has 0 fully saturated rings. The van der Waals surface area contributed by atoms with Gasteiger partial charge in [-0.15, -0.1) is 0 Å². The molecule has 36 heavy (non-hydrogen) atoms. The lowest BCUT2D eigenvalue weighted by atomic mass is 10.1. The number of nitrogens with zero attached hydrogens (tertiary/aromatic N) is 1. The summed E-state index contributed by atoms with van der Waals surface area (Å²) in [4.78, 5) is 23.9. The highest BCUT2D eigenvalue weighted by Gasteiger charge is 2.26. The normalized spacial score (nSPS) is 12.8. The Morgan fingerprint density at radius 2 is 1.72 bits per heavy atom. The Morgan fingerprint density at radius 3 is 2.42 bits per heavy atom. The Morgan fingerprint density at radius 1 is 1.00 bits per heavy atom. The van der Waals surface area contributed by atoms with Crippen LogP contribution in [-0.2, 0) is 9.53 Å². The fourth-order valence-corrected chi connectivity index (χ4v) is 3.80. The van der Waals surface area contributed by atoms with Crippen molar-refractivity contribution in [3.8, 4) is 11.5 Å². The fourth-order valence-electron chi connectivity index (χ4n) is 3.80. The minimum Gasteiger partial charge on any atom is -0.489 e. The number of ether oxygens (including phenoxy) is 3. The smallest absolute Gasteiger partial charge is 0.347 e. The van der Waals surface area contributed by atoms with Crippen LogP contribution in [0.25, 0.3) is 10.8 Å². The zero-order valence-corrected chi connectivity index (χ0v) is 21.4. The molecule has 2 atom stereocenters. The van der Waals surface area contributed by atoms with Gasteiger partial charge in [0.05, 0.1) is 4.92 Å². The van der Waals surface area contributed by atoms with Gasteiger partial charge in [0.2, 0.25) is 0 Å². The number of fused-ring (bicyclic) bond motifs is 1. The minimum atomic E-state index is -0.858. The molecule has 3 rings (SSSR count). The monoisotopic (exact) mass is 494 g/mol. The van der Waals surface area contributed by atoms with Gasteiger partial charge in [0.1, 0.15) is 24.2 Å². The zero-order chi connectivity index (χ0) is 26.2. The van der Waals surface area contributed by atoms with Crippen LogP contribution in [0.5, 0.6) is 11.5 Å². The van der Waals surface area contributed by atoms with E-state index in [2.05, 4.69) is 5.32 Å². The Hall–Kier alpha value is -3.65. The van der Waals surface area contributed by atoms with Gasteiger partial charge >= 0.3 is 5.97 Å². The van der Waals surface area contributed by atoms with Crippen LogP contribution in [0.4, 0.5) is 5.69 Å². The summed E-state index contributed by atoms with van der Waals surface area (Å²) < 4.78 is 17.9. The minimum absolute atomic E-state index is 0.0147. The Kier molecular flexibility index (Phi) is 9.25. The van der Waals surface area contributed by atoms with Crippen molar-refractivity contribution < 1.29 is 23.9 Å². The first-order valence-electron chi connectivity index (χ1n) is 12.2. The summed E-state index contributed by atoms with van der Waals surface area (Å²) in [7, 11) is 0. The number of nitro groups is 1. The van der Waals surface area contributed by atoms with E-state index < -0.39 is 23.1 Å². The first-order chi connectivity index (χ1) is 17.2. The summed E-state index contributed by atoms with van der Waals surface area (Å²) in [6, 6.07) is 16.9. The van der Waals surface area contributed by atoms with E-state index in [-0.39, 0.29) is 18.3 Å². The molecule has 8 nitrogen and oxygen atoms in total. The van der Waals surface area contributed by atoms with E-state index in [9.17, 15) is 14.9 Å². The number of carbonyl (C=O) groups excluding carboxylic acids is 1. The van der Waals surface area contributed by atoms with Crippen molar-refractivity contribution in [3.05, 3.63) is 75.8 Å². The molecule has 0 aliphatic heterocycles. The number of benzene rings is 3. The lowest BCUT2D eigenvalue weighted by Gasteiger charge is -2.24. The molecule has 3 aromatic carbocycles. The van der Waals surface area contributed by atoms with Crippen LogP contribution in [-0.4, -0.2) is 42.3 Å². The summed E-state index contributed by atoms with van der Waals surface area (Å²) in [5.74, 6) is 0.634. The van der Waals surface area contributed by atoms with Crippen molar-refractivity contribution in [2.75, 3.05) is 13.2 Å². The second kappa shape index (κ2) is 12.4. The Balaban J connectivity index is 1.72. The molecule has 0 aliphatic rings. The predicted molar refractivity (Wildman–Crippen MR) is 140 cm³/mol. The highest BCUT2D eigenvalue weighted by molar-refractivity contribution is 5.88. The summed E-state index contributed by atoms with van der Waals surface area (Å²) >= 11 is 0. The molecule has 2 unspecified atom stereocenters. The van der Waals surface area contributed by atoms with Crippen LogP contribution in [0.3, 0.4) is 0 Å². The van der Waals surface area contributed by atoms with Gasteiger partial charge in [-0.1, -0.05) is 57.2 Å². The molecule has 1 N–H and O–H groups in total. The molecular weight excluding hydrogens is 460 g/mol. The molecule has 0 spiro atoms. The maximum atomic E-state index is 13.1. The fraction of sp³-hybridized carbons (Fsp3) is 0.393. The summed E-state index contributed by atoms with van der Waals surface area (Å²) in [6.45, 7) is 9.85. The molecular formula is C28H34N2O6. The van der Waals surface area contributed by atoms with Gasteiger partial charge in [-0.3, -0.25) is 10.1 Å². The Bertz CT molecular complexity index is 1200. The largest absolute Gasteiger partial charge is 0.489 e. The number of rotatable bonds is 12. The van der Waals surface area contributed by atoms with Gasteiger partial charge < -0.3 is 19.5 Å². The second-order valence-electron chi connectivity index (χ2n) is 9.01. The summed E-state index contributed by atoms with van der Waals surface area (Å²) in [5, 5.41) is 16.6. The van der Waals surface area contributed by atoms with Crippen LogP contribution in [0, 0.1) is 24.0 Å². The standard InChI is InChI=1S/C28H34N2O6/c1-6-25(36-26-15-14-24(30(32)33)19(4)20(26)5)28(31)35-22(16-29-18(2)3)17-34-27-13-9-11-21-10-7-8-12-23(21)27/h7-15,18,22,25,29H,6,16-17H2,1-5H3. The van der Waals surface area contributed by atoms with Gasteiger partial charge in [-0.2, -0.15) is 0 Å². The van der Waals surface area contributed by atoms with Gasteiger partial charge in [0, 0.05) is 35.2 Å². The number of nitro benzene ring substituents is 1. The first kappa shape index (κ1) is 26.9. The van der Waals surface area contributed by atoms with Gasteiger partial charge in [0.15, 0.2) is 6.10 Å². The maximum absolute atomic E-state index is 13.1. The molecule has 0 aromatic heterocycles. The van der Waals surface area contributed by atoms with Crippen LogP contribution < -0.4 is 14.8 Å². The van der Waals surface area contributed by atoms with E-state index in [0.717, 1.165) is 16.5 Å². The van der Waals surface area contributed by atoms with Crippen molar-refractivity contribution in [1.82, 2.24) is 5.32 Å². The number of carbonyl (C=O) groups is 1. The van der Waals surface area contributed by atoms with Gasteiger partial charge in [-0.05, 0) is 37.8 Å². The summed E-state index contributed by atoms with van der Waals surface area (Å²) in [5.41, 5.74) is 1.14. The van der Waals surface area contributed by atoms with E-state index in [0.29, 0.717) is 29.8 Å². The molecule has 8 heteroatoms. The van der Waals surface area contributed by atoms with Crippen LogP contribution in [0.1, 0.15) is 38.3 Å². The topological polar surface area (TPSA) is 99.9 Å². The molecule has 0 radical (unpaired) electrons. The van der Waals surface area contributed by atoms with Crippen molar-refractivity contribution in [2.24, 2.45) is 0 Å². The number of esters is 1. The maximum Gasteiger partial charge on any atom is 0.347 e. The van der Waals surface area contributed by atoms with E-state index in [1.54, 1.807) is 13.8 Å². The molecule has 0 aliphatic carbocycles. The number of hydrogen-bond acceptors (Lipinski definition) is 7. The van der Waals surface area contributed by atoms with E-state index in [4.69, 9.17) is 14.2 Å². The van der Waals surface area contributed by atoms with Crippen molar-refractivity contribution in [2.45, 2.75) is 59.3 Å². The van der Waals surface area contributed by atoms with Crippen molar-refractivity contribution in [3.63, 3.8) is 0 Å². The van der Waals surface area contributed by atoms with E-state index >= 15 is 0 Å². The number of nitrogens with one attached hydrogen (secondary N) is 1. The van der Waals surface area contributed by atoms with E-state index in [1.807, 2.05) is 63.2 Å². The van der Waals surface area contributed by atoms with Gasteiger partial charge in [0.25, 0.3) is 5.69 Å². The molecule has 0 saturated heterocycles. The second-order valence-corrected chi connectivity index (χ2v) is 9.01. The molecule has 0 heterocycles. The van der Waals surface area contributed by atoms with Crippen molar-refractivity contribution >= 4 is 22.4 Å². The SMILES string of the molecule is CCC(Oc1ccc([N+](=O)[O-])c(C)c1C)C(=O)OC(CNC(C)C)COc1cccc2ccccc12. The van der Waals surface area contributed by atoms with Crippen LogP contribution in [0.15, 0.2) is 54.6 Å². The highest BCUT2D eigenvalue weighted by Crippen LogP contribution is 2.30. The third-order valence-electron chi connectivity index (χ3n) is 6.02. The van der Waals surface area contributed by atoms with E-state index in [1.165, 1.54) is 12.1 Å². The van der Waals surface area contributed by atoms with Crippen LogP contribution in [0.2, 0.25) is 0 Å². The molecule has 0 saturated carbocycles. The third-order valence-corrected chi connectivity index (χ3v) is 6.02. The lowest BCUT2D eigenvalue weighted by Crippen LogP contribution is -2.41. The highest BCUT2D eigenvalue weighted by atomic mass is 16.6.